The van der Waals surface area contributed by atoms with Crippen LogP contribution in [0.3, 0.4) is 0 Å². The summed E-state index contributed by atoms with van der Waals surface area (Å²) in [5.41, 5.74) is -2.15. The third-order valence-electron chi connectivity index (χ3n) is 7.09. The molecule has 3 aromatic rings. The fourth-order valence-corrected chi connectivity index (χ4v) is 7.81. The first-order chi connectivity index (χ1) is 19.1. The Morgan fingerprint density at radius 3 is 2.39 bits per heavy atom. The van der Waals surface area contributed by atoms with Crippen LogP contribution in [0.4, 0.5) is 33.3 Å². The SMILES string of the molecule is CC1(C)CC2=C(C(c3ccc(C(F)(F)F)cc3F)N(C(=O)Cc3ccc(F)cc3)c3cccc(O)c3N2)S(=O)(=O)C1. The van der Waals surface area contributed by atoms with Gasteiger partial charge in [0.15, 0.2) is 9.84 Å². The highest BCUT2D eigenvalue weighted by Gasteiger charge is 2.48. The summed E-state index contributed by atoms with van der Waals surface area (Å²) < 4.78 is 97.1. The number of hydrogen-bond acceptors (Lipinski definition) is 5. The van der Waals surface area contributed by atoms with Gasteiger partial charge in [-0.15, -0.1) is 0 Å². The number of anilines is 2. The number of sulfone groups is 1. The van der Waals surface area contributed by atoms with Gasteiger partial charge in [-0.1, -0.05) is 38.1 Å². The standard InChI is InChI=1S/C29H25F5N2O4S/c1-28(2)14-21-27(41(39,40)15-28)26(19-11-8-17(13-20(19)31)29(32,33)34)36(22-4-3-5-23(37)25(22)35-21)24(38)12-16-6-9-18(30)10-7-16/h3-11,13,26,35,37H,12,14-15H2,1-2H3. The normalized spacial score (nSPS) is 19.6. The molecule has 0 bridgehead atoms. The Kier molecular flexibility index (Phi) is 6.88. The molecule has 3 aromatic carbocycles. The molecule has 1 unspecified atom stereocenters. The van der Waals surface area contributed by atoms with Crippen molar-refractivity contribution < 1.29 is 40.3 Å². The number of rotatable bonds is 3. The van der Waals surface area contributed by atoms with Gasteiger partial charge in [0.1, 0.15) is 29.1 Å². The molecule has 1 atom stereocenters. The Balaban J connectivity index is 1.80. The van der Waals surface area contributed by atoms with Gasteiger partial charge in [0, 0.05) is 11.3 Å². The van der Waals surface area contributed by atoms with Crippen LogP contribution in [0.15, 0.2) is 71.3 Å². The number of phenols is 1. The Morgan fingerprint density at radius 1 is 1.07 bits per heavy atom. The zero-order valence-corrected chi connectivity index (χ0v) is 22.7. The number of halogens is 5. The number of carbonyl (C=O) groups excluding carboxylic acids is 1. The molecule has 0 spiro atoms. The molecular weight excluding hydrogens is 567 g/mol. The van der Waals surface area contributed by atoms with Crippen molar-refractivity contribution in [3.05, 3.63) is 99.6 Å². The van der Waals surface area contributed by atoms with Crippen LogP contribution in [-0.4, -0.2) is 25.2 Å². The number of aromatic hydroxyl groups is 1. The van der Waals surface area contributed by atoms with Gasteiger partial charge >= 0.3 is 6.18 Å². The van der Waals surface area contributed by atoms with Crippen LogP contribution >= 0.6 is 0 Å². The molecule has 2 heterocycles. The average molecular weight is 593 g/mol. The van der Waals surface area contributed by atoms with Crippen molar-refractivity contribution >= 4 is 27.1 Å². The van der Waals surface area contributed by atoms with Crippen molar-refractivity contribution in [2.24, 2.45) is 5.41 Å². The molecule has 0 saturated heterocycles. The molecule has 2 aliphatic heterocycles. The van der Waals surface area contributed by atoms with E-state index in [-0.39, 0.29) is 52.4 Å². The molecular formula is C29H25F5N2O4S. The third-order valence-corrected chi connectivity index (χ3v) is 9.39. The number of allylic oxidation sites excluding steroid dienone is 1. The summed E-state index contributed by atoms with van der Waals surface area (Å²) in [6.07, 6.45) is -5.14. The lowest BCUT2D eigenvalue weighted by molar-refractivity contribution is -0.137. The van der Waals surface area contributed by atoms with Gasteiger partial charge in [-0.2, -0.15) is 13.2 Å². The summed E-state index contributed by atoms with van der Waals surface area (Å²) in [7, 11) is -4.24. The van der Waals surface area contributed by atoms with Crippen molar-refractivity contribution in [3.63, 3.8) is 0 Å². The van der Waals surface area contributed by atoms with Crippen molar-refractivity contribution in [1.82, 2.24) is 0 Å². The van der Waals surface area contributed by atoms with E-state index in [4.69, 9.17) is 0 Å². The quantitative estimate of drug-likeness (QED) is 0.268. The summed E-state index contributed by atoms with van der Waals surface area (Å²) in [4.78, 5) is 14.6. The third kappa shape index (κ3) is 5.40. The molecule has 0 radical (unpaired) electrons. The predicted molar refractivity (Wildman–Crippen MR) is 143 cm³/mol. The first kappa shape index (κ1) is 28.6. The van der Waals surface area contributed by atoms with Crippen LogP contribution < -0.4 is 10.2 Å². The molecule has 2 aliphatic rings. The van der Waals surface area contributed by atoms with Crippen LogP contribution in [0.2, 0.25) is 0 Å². The van der Waals surface area contributed by atoms with E-state index in [0.717, 1.165) is 23.1 Å². The Hall–Kier alpha value is -3.93. The van der Waals surface area contributed by atoms with Crippen LogP contribution in [0.25, 0.3) is 0 Å². The maximum Gasteiger partial charge on any atom is 0.416 e. The number of benzene rings is 3. The van der Waals surface area contributed by atoms with Crippen molar-refractivity contribution in [2.75, 3.05) is 16.0 Å². The number of phenolic OH excluding ortho intramolecular Hbond substituents is 1. The highest BCUT2D eigenvalue weighted by atomic mass is 32.2. The number of carbonyl (C=O) groups is 1. The van der Waals surface area contributed by atoms with Gasteiger partial charge in [0.05, 0.1) is 28.3 Å². The molecule has 12 heteroatoms. The smallest absolute Gasteiger partial charge is 0.416 e. The zero-order chi connectivity index (χ0) is 29.9. The van der Waals surface area contributed by atoms with Crippen molar-refractivity contribution in [2.45, 2.75) is 38.9 Å². The fourth-order valence-electron chi connectivity index (χ4n) is 5.45. The minimum atomic E-state index is -4.87. The molecule has 216 valence electrons. The van der Waals surface area contributed by atoms with Gasteiger partial charge < -0.3 is 10.4 Å². The lowest BCUT2D eigenvalue weighted by Gasteiger charge is -2.37. The first-order valence-corrected chi connectivity index (χ1v) is 14.2. The van der Waals surface area contributed by atoms with E-state index >= 15 is 4.39 Å². The van der Waals surface area contributed by atoms with Gasteiger partial charge in [-0.3, -0.25) is 9.69 Å². The van der Waals surface area contributed by atoms with E-state index < -0.39 is 56.1 Å². The monoisotopic (exact) mass is 592 g/mol. The molecule has 5 rings (SSSR count). The van der Waals surface area contributed by atoms with E-state index in [9.17, 15) is 35.9 Å². The second kappa shape index (κ2) is 9.86. The van der Waals surface area contributed by atoms with Crippen LogP contribution in [0, 0.1) is 17.0 Å². The number of para-hydroxylation sites is 1. The number of nitrogens with zero attached hydrogens (tertiary/aromatic N) is 1. The maximum atomic E-state index is 15.7. The van der Waals surface area contributed by atoms with E-state index in [2.05, 4.69) is 5.32 Å². The zero-order valence-electron chi connectivity index (χ0n) is 21.9. The van der Waals surface area contributed by atoms with Crippen LogP contribution in [-0.2, 0) is 27.2 Å². The summed E-state index contributed by atoms with van der Waals surface area (Å²) in [5.74, 6) is -3.38. The minimum Gasteiger partial charge on any atom is -0.506 e. The average Bonchev–Trinajstić information content (AvgIpc) is 2.99. The van der Waals surface area contributed by atoms with Crippen molar-refractivity contribution in [1.29, 1.82) is 0 Å². The van der Waals surface area contributed by atoms with E-state index in [1.165, 1.54) is 30.3 Å². The lowest BCUT2D eigenvalue weighted by atomic mass is 9.88. The second-order valence-corrected chi connectivity index (χ2v) is 12.9. The molecule has 2 N–H and O–H groups in total. The van der Waals surface area contributed by atoms with Crippen LogP contribution in [0.5, 0.6) is 5.75 Å². The molecule has 0 fully saturated rings. The topological polar surface area (TPSA) is 86.7 Å². The maximum absolute atomic E-state index is 15.7. The molecule has 0 aliphatic carbocycles. The molecule has 0 saturated carbocycles. The van der Waals surface area contributed by atoms with Crippen molar-refractivity contribution in [3.8, 4) is 5.75 Å². The van der Waals surface area contributed by atoms with Gasteiger partial charge in [0.25, 0.3) is 0 Å². The molecule has 0 aromatic heterocycles. The minimum absolute atomic E-state index is 0.0104. The van der Waals surface area contributed by atoms with Gasteiger partial charge in [-0.25, -0.2) is 17.2 Å². The number of alkyl halides is 3. The number of hydrogen-bond donors (Lipinski definition) is 2. The predicted octanol–water partition coefficient (Wildman–Crippen LogP) is 6.49. The van der Waals surface area contributed by atoms with Gasteiger partial charge in [0.2, 0.25) is 5.91 Å². The van der Waals surface area contributed by atoms with E-state index in [1.807, 2.05) is 0 Å². The Morgan fingerprint density at radius 2 is 1.76 bits per heavy atom. The Bertz CT molecular complexity index is 1680. The lowest BCUT2D eigenvalue weighted by Crippen LogP contribution is -2.42. The second-order valence-electron chi connectivity index (χ2n) is 10.9. The summed E-state index contributed by atoms with van der Waals surface area (Å²) >= 11 is 0. The Labute approximate surface area is 233 Å². The highest BCUT2D eigenvalue weighted by molar-refractivity contribution is 7.95. The van der Waals surface area contributed by atoms with E-state index in [1.54, 1.807) is 13.8 Å². The number of nitrogens with one attached hydrogen (secondary N) is 1. The van der Waals surface area contributed by atoms with Gasteiger partial charge in [-0.05, 0) is 53.8 Å². The largest absolute Gasteiger partial charge is 0.506 e. The fraction of sp³-hybridized carbons (Fsp3) is 0.276. The summed E-state index contributed by atoms with van der Waals surface area (Å²) in [6.45, 7) is 3.41. The summed E-state index contributed by atoms with van der Waals surface area (Å²) in [5, 5.41) is 13.7. The summed E-state index contributed by atoms with van der Waals surface area (Å²) in [6, 6.07) is 9.10. The molecule has 6 nitrogen and oxygen atoms in total. The van der Waals surface area contributed by atoms with Crippen LogP contribution in [0.1, 0.15) is 43.0 Å². The first-order valence-electron chi connectivity index (χ1n) is 12.6. The number of fused-ring (bicyclic) bond motifs is 1. The highest BCUT2D eigenvalue weighted by Crippen LogP contribution is 2.51. The van der Waals surface area contributed by atoms with E-state index in [0.29, 0.717) is 11.6 Å². The molecule has 41 heavy (non-hydrogen) atoms. The molecule has 1 amide bonds. The number of amides is 1.